The van der Waals surface area contributed by atoms with Gasteiger partial charge in [-0.1, -0.05) is 24.3 Å². The number of rotatable bonds is 5. The Morgan fingerprint density at radius 2 is 1.00 bits per heavy atom. The number of nitrogens with one attached hydrogen (secondary N) is 4. The molecule has 1 saturated carbocycles. The van der Waals surface area contributed by atoms with Crippen LogP contribution in [0.4, 0.5) is 32.3 Å². The van der Waals surface area contributed by atoms with Gasteiger partial charge in [0.05, 0.1) is 11.6 Å². The standard InChI is InChI=1S/C20H23N3O.C18H18N4O/c21-17-7-3-16-12-19(10-6-15(16)11-17)23-20(24)22-18-8-4-14(5-9-18)13-1-2-13;19-11-12-1-6-16(7-2-12)21-18(23)22-17-8-4-13-9-15(20)5-3-14(13)10-17/h4-6,8-10,12-13,17H,1-3,7,11,21H2,(H2,22,23,24);1-2,4,6-8,10,15H,3,5,9,20H2,(H2,21,22,23)/t17-;15-/m00/s1. The Balaban J connectivity index is 0.000000165. The molecule has 4 aromatic carbocycles. The molecule has 7 rings (SSSR count). The van der Waals surface area contributed by atoms with Gasteiger partial charge in [-0.15, -0.1) is 0 Å². The van der Waals surface area contributed by atoms with Gasteiger partial charge in [0.2, 0.25) is 0 Å². The molecule has 4 amide bonds. The maximum absolute atomic E-state index is 12.2. The fourth-order valence-corrected chi connectivity index (χ4v) is 6.19. The van der Waals surface area contributed by atoms with Crippen molar-refractivity contribution in [1.82, 2.24) is 0 Å². The molecule has 3 aliphatic rings. The third-order valence-electron chi connectivity index (χ3n) is 8.95. The smallest absolute Gasteiger partial charge is 0.323 e. The average Bonchev–Trinajstić information content (AvgIpc) is 3.92. The summed E-state index contributed by atoms with van der Waals surface area (Å²) >= 11 is 0. The summed E-state index contributed by atoms with van der Waals surface area (Å²) in [7, 11) is 0. The predicted molar refractivity (Wildman–Crippen MR) is 188 cm³/mol. The molecule has 240 valence electrons. The second-order valence-electron chi connectivity index (χ2n) is 12.7. The van der Waals surface area contributed by atoms with Crippen LogP contribution in [0, 0.1) is 11.3 Å². The van der Waals surface area contributed by atoms with Crippen molar-refractivity contribution in [2.75, 3.05) is 21.3 Å². The van der Waals surface area contributed by atoms with Gasteiger partial charge in [-0.25, -0.2) is 9.59 Å². The number of nitriles is 1. The van der Waals surface area contributed by atoms with Crippen molar-refractivity contribution in [3.05, 3.63) is 118 Å². The van der Waals surface area contributed by atoms with Gasteiger partial charge < -0.3 is 32.7 Å². The lowest BCUT2D eigenvalue weighted by molar-refractivity contribution is 0.261. The fraction of sp³-hybridized carbons (Fsp3) is 0.289. The number of carbonyl (C=O) groups is 2. The van der Waals surface area contributed by atoms with Gasteiger partial charge in [0, 0.05) is 34.8 Å². The highest BCUT2D eigenvalue weighted by molar-refractivity contribution is 6.00. The minimum absolute atomic E-state index is 0.207. The van der Waals surface area contributed by atoms with Crippen LogP contribution >= 0.6 is 0 Å². The number of carbonyl (C=O) groups excluding carboxylic acids is 2. The monoisotopic (exact) mass is 627 g/mol. The maximum atomic E-state index is 12.2. The lowest BCUT2D eigenvalue weighted by Crippen LogP contribution is -2.28. The summed E-state index contributed by atoms with van der Waals surface area (Å²) < 4.78 is 0. The van der Waals surface area contributed by atoms with Gasteiger partial charge >= 0.3 is 12.1 Å². The van der Waals surface area contributed by atoms with Gasteiger partial charge in [0.25, 0.3) is 0 Å². The Kier molecular flexibility index (Phi) is 9.81. The minimum Gasteiger partial charge on any atom is -0.327 e. The molecular formula is C38H41N7O2. The van der Waals surface area contributed by atoms with Gasteiger partial charge in [0.1, 0.15) is 0 Å². The molecular weight excluding hydrogens is 586 g/mol. The zero-order valence-corrected chi connectivity index (χ0v) is 26.4. The van der Waals surface area contributed by atoms with Gasteiger partial charge in [-0.2, -0.15) is 5.26 Å². The predicted octanol–water partition coefficient (Wildman–Crippen LogP) is 7.04. The second-order valence-corrected chi connectivity index (χ2v) is 12.7. The Morgan fingerprint density at radius 3 is 1.45 bits per heavy atom. The summed E-state index contributed by atoms with van der Waals surface area (Å²) in [5.41, 5.74) is 22.1. The van der Waals surface area contributed by atoms with Crippen molar-refractivity contribution in [2.45, 2.75) is 69.4 Å². The SMILES string of the molecule is N#Cc1ccc(NC(=O)Nc2ccc3c(c2)CC[C@H](N)C3)cc1.N[C@H]1CCc2cc(NC(=O)Nc3ccc(C4CC4)cc3)ccc2C1. The van der Waals surface area contributed by atoms with Crippen molar-refractivity contribution >= 4 is 34.8 Å². The van der Waals surface area contributed by atoms with Crippen LogP contribution in [-0.4, -0.2) is 24.1 Å². The lowest BCUT2D eigenvalue weighted by atomic mass is 9.88. The van der Waals surface area contributed by atoms with E-state index in [1.165, 1.54) is 40.7 Å². The lowest BCUT2D eigenvalue weighted by Gasteiger charge is -2.22. The van der Waals surface area contributed by atoms with Crippen LogP contribution < -0.4 is 32.7 Å². The van der Waals surface area contributed by atoms with E-state index in [4.69, 9.17) is 16.7 Å². The van der Waals surface area contributed by atoms with Gasteiger partial charge in [-0.3, -0.25) is 0 Å². The number of hydrogen-bond donors (Lipinski definition) is 6. The molecule has 47 heavy (non-hydrogen) atoms. The van der Waals surface area contributed by atoms with Crippen molar-refractivity contribution < 1.29 is 9.59 Å². The van der Waals surface area contributed by atoms with Gasteiger partial charge in [0.15, 0.2) is 0 Å². The summed E-state index contributed by atoms with van der Waals surface area (Å²) in [4.78, 5) is 24.2. The summed E-state index contributed by atoms with van der Waals surface area (Å²) in [5, 5.41) is 20.2. The van der Waals surface area contributed by atoms with Crippen molar-refractivity contribution in [1.29, 1.82) is 5.26 Å². The van der Waals surface area contributed by atoms with E-state index in [0.717, 1.165) is 61.5 Å². The van der Waals surface area contributed by atoms with E-state index in [1.807, 2.05) is 42.5 Å². The normalized spacial score (nSPS) is 17.8. The molecule has 0 spiro atoms. The van der Waals surface area contributed by atoms with E-state index in [2.05, 4.69) is 45.5 Å². The van der Waals surface area contributed by atoms with Crippen LogP contribution in [0.1, 0.15) is 65.0 Å². The highest BCUT2D eigenvalue weighted by Crippen LogP contribution is 2.40. The van der Waals surface area contributed by atoms with E-state index in [1.54, 1.807) is 24.3 Å². The molecule has 8 N–H and O–H groups in total. The molecule has 0 aromatic heterocycles. The Labute approximate surface area is 275 Å². The van der Waals surface area contributed by atoms with Crippen LogP contribution in [0.25, 0.3) is 0 Å². The highest BCUT2D eigenvalue weighted by atomic mass is 16.2. The van der Waals surface area contributed by atoms with E-state index in [0.29, 0.717) is 11.3 Å². The zero-order valence-electron chi connectivity index (χ0n) is 26.4. The first-order valence-corrected chi connectivity index (χ1v) is 16.3. The van der Waals surface area contributed by atoms with E-state index < -0.39 is 0 Å². The minimum atomic E-state index is -0.304. The molecule has 9 heteroatoms. The third-order valence-corrected chi connectivity index (χ3v) is 8.95. The van der Waals surface area contributed by atoms with E-state index in [9.17, 15) is 9.59 Å². The highest BCUT2D eigenvalue weighted by Gasteiger charge is 2.23. The molecule has 9 nitrogen and oxygen atoms in total. The van der Waals surface area contributed by atoms with E-state index >= 15 is 0 Å². The molecule has 4 aromatic rings. The second kappa shape index (κ2) is 14.5. The van der Waals surface area contributed by atoms with Crippen LogP contribution in [-0.2, 0) is 25.7 Å². The number of urea groups is 2. The molecule has 0 aliphatic heterocycles. The van der Waals surface area contributed by atoms with Crippen molar-refractivity contribution in [2.24, 2.45) is 11.5 Å². The zero-order chi connectivity index (χ0) is 32.8. The average molecular weight is 628 g/mol. The van der Waals surface area contributed by atoms with Crippen LogP contribution in [0.3, 0.4) is 0 Å². The molecule has 0 unspecified atom stereocenters. The topological polar surface area (TPSA) is 158 Å². The Morgan fingerprint density at radius 1 is 0.574 bits per heavy atom. The molecule has 2 atom stereocenters. The molecule has 0 heterocycles. The maximum Gasteiger partial charge on any atom is 0.323 e. The number of fused-ring (bicyclic) bond motifs is 2. The van der Waals surface area contributed by atoms with Crippen molar-refractivity contribution in [3.8, 4) is 6.07 Å². The number of nitrogens with zero attached hydrogens (tertiary/aromatic N) is 1. The first kappa shape index (κ1) is 31.8. The van der Waals surface area contributed by atoms with Crippen LogP contribution in [0.2, 0.25) is 0 Å². The number of aryl methyl sites for hydroxylation is 2. The number of anilines is 4. The number of amides is 4. The first-order valence-electron chi connectivity index (χ1n) is 16.3. The molecule has 0 saturated heterocycles. The van der Waals surface area contributed by atoms with Crippen LogP contribution in [0.15, 0.2) is 84.9 Å². The quantitative estimate of drug-likeness (QED) is 0.140. The molecule has 0 bridgehead atoms. The number of benzene rings is 4. The summed E-state index contributed by atoms with van der Waals surface area (Å²) in [6.07, 6.45) is 8.32. The Bertz CT molecular complexity index is 1780. The van der Waals surface area contributed by atoms with Gasteiger partial charge in [-0.05, 0) is 146 Å². The molecule has 3 aliphatic carbocycles. The van der Waals surface area contributed by atoms with E-state index in [-0.39, 0.29) is 24.1 Å². The first-order chi connectivity index (χ1) is 22.8. The third kappa shape index (κ3) is 8.76. The molecule has 1 fully saturated rings. The fourth-order valence-electron chi connectivity index (χ4n) is 6.19. The van der Waals surface area contributed by atoms with Crippen LogP contribution in [0.5, 0.6) is 0 Å². The largest absolute Gasteiger partial charge is 0.327 e. The number of nitrogens with two attached hydrogens (primary N) is 2. The Hall–Kier alpha value is -5.17. The number of hydrogen-bond acceptors (Lipinski definition) is 5. The molecule has 0 radical (unpaired) electrons. The van der Waals surface area contributed by atoms with Crippen molar-refractivity contribution in [3.63, 3.8) is 0 Å². The summed E-state index contributed by atoms with van der Waals surface area (Å²) in [6, 6.07) is 29.0. The summed E-state index contributed by atoms with van der Waals surface area (Å²) in [5.74, 6) is 0.733. The summed E-state index contributed by atoms with van der Waals surface area (Å²) in [6.45, 7) is 0.